The van der Waals surface area contributed by atoms with Crippen molar-refractivity contribution in [1.82, 2.24) is 5.32 Å². The second-order valence-corrected chi connectivity index (χ2v) is 2.27. The van der Waals surface area contributed by atoms with Gasteiger partial charge in [-0.05, 0) is 12.5 Å². The molecule has 0 amide bonds. The van der Waals surface area contributed by atoms with Crippen LogP contribution < -0.4 is 5.32 Å². The van der Waals surface area contributed by atoms with E-state index in [1.54, 1.807) is 6.08 Å². The Hall–Kier alpha value is -0.890. The minimum Gasteiger partial charge on any atom is -0.309 e. The van der Waals surface area contributed by atoms with Gasteiger partial charge < -0.3 is 10.7 Å². The van der Waals surface area contributed by atoms with Crippen LogP contribution in [-0.4, -0.2) is 18.8 Å². The van der Waals surface area contributed by atoms with E-state index in [4.69, 9.17) is 5.41 Å². The monoisotopic (exact) mass is 136 g/mol. The molecule has 10 heavy (non-hydrogen) atoms. The van der Waals surface area contributed by atoms with Crippen LogP contribution in [0.1, 0.15) is 6.42 Å². The normalized spacial score (nSPS) is 24.2. The molecule has 0 spiro atoms. The predicted octanol–water partition coefficient (Wildman–Crippen LogP) is 1.11. The van der Waals surface area contributed by atoms with Crippen LogP contribution >= 0.6 is 0 Å². The Balaban J connectivity index is 2.18. The van der Waals surface area contributed by atoms with Crippen molar-refractivity contribution in [1.29, 1.82) is 5.41 Å². The fourth-order valence-electron chi connectivity index (χ4n) is 0.975. The summed E-state index contributed by atoms with van der Waals surface area (Å²) in [5.41, 5.74) is 0. The molecule has 1 aliphatic heterocycles. The van der Waals surface area contributed by atoms with E-state index in [9.17, 15) is 0 Å². The van der Waals surface area contributed by atoms with E-state index in [-0.39, 0.29) is 0 Å². The van der Waals surface area contributed by atoms with Crippen molar-refractivity contribution in [3.63, 3.8) is 0 Å². The van der Waals surface area contributed by atoms with Crippen LogP contribution in [0.2, 0.25) is 0 Å². The average molecular weight is 136 g/mol. The number of hydrogen-bond acceptors (Lipinski definition) is 2. The predicted molar refractivity (Wildman–Crippen MR) is 43.5 cm³/mol. The van der Waals surface area contributed by atoms with E-state index in [1.165, 1.54) is 6.21 Å². The summed E-state index contributed by atoms with van der Waals surface area (Å²) in [5, 5.41) is 10.0. The third-order valence-electron chi connectivity index (χ3n) is 1.49. The van der Waals surface area contributed by atoms with Crippen LogP contribution in [0.3, 0.4) is 0 Å². The van der Waals surface area contributed by atoms with Crippen LogP contribution in [0.4, 0.5) is 0 Å². The lowest BCUT2D eigenvalue weighted by Crippen LogP contribution is -2.20. The zero-order valence-electron chi connectivity index (χ0n) is 5.88. The molecule has 1 atom stereocenters. The molecule has 0 radical (unpaired) electrons. The Bertz CT molecular complexity index is 159. The number of allylic oxidation sites excluding steroid dienone is 1. The molecule has 0 fully saturated rings. The van der Waals surface area contributed by atoms with Gasteiger partial charge in [-0.15, -0.1) is 0 Å². The van der Waals surface area contributed by atoms with Crippen molar-refractivity contribution in [3.05, 3.63) is 24.3 Å². The van der Waals surface area contributed by atoms with Crippen molar-refractivity contribution < 1.29 is 0 Å². The van der Waals surface area contributed by atoms with Crippen molar-refractivity contribution in [2.75, 3.05) is 6.54 Å². The van der Waals surface area contributed by atoms with Gasteiger partial charge >= 0.3 is 0 Å². The highest BCUT2D eigenvalue weighted by atomic mass is 14.9. The molecule has 1 heterocycles. The molecule has 2 heteroatoms. The first-order valence-corrected chi connectivity index (χ1v) is 3.49. The first kappa shape index (κ1) is 7.22. The highest BCUT2D eigenvalue weighted by molar-refractivity contribution is 5.67. The molecular formula is C8H12N2. The molecule has 54 valence electrons. The quantitative estimate of drug-likeness (QED) is 0.442. The number of hydrogen-bond donors (Lipinski definition) is 2. The molecule has 0 aliphatic carbocycles. The molecule has 0 aromatic carbocycles. The first-order valence-electron chi connectivity index (χ1n) is 3.49. The summed E-state index contributed by atoms with van der Waals surface area (Å²) >= 11 is 0. The molecule has 2 nitrogen and oxygen atoms in total. The minimum atomic E-state index is 0.496. The smallest absolute Gasteiger partial charge is 0.0288 e. The molecule has 2 N–H and O–H groups in total. The Morgan fingerprint density at radius 2 is 2.60 bits per heavy atom. The highest BCUT2D eigenvalue weighted by Gasteiger charge is 2.03. The van der Waals surface area contributed by atoms with Crippen molar-refractivity contribution in [3.8, 4) is 0 Å². The zero-order valence-corrected chi connectivity index (χ0v) is 5.88. The van der Waals surface area contributed by atoms with Gasteiger partial charge in [0.15, 0.2) is 0 Å². The van der Waals surface area contributed by atoms with E-state index < -0.39 is 0 Å². The lowest BCUT2D eigenvalue weighted by molar-refractivity contribution is 0.677. The van der Waals surface area contributed by atoms with E-state index in [1.807, 2.05) is 6.08 Å². The Labute approximate surface area is 61.1 Å². The topological polar surface area (TPSA) is 35.9 Å². The lowest BCUT2D eigenvalue weighted by Gasteiger charge is -2.02. The van der Waals surface area contributed by atoms with Crippen molar-refractivity contribution >= 4 is 6.21 Å². The molecule has 1 aliphatic rings. The molecule has 0 aromatic rings. The van der Waals surface area contributed by atoms with Gasteiger partial charge in [0.25, 0.3) is 0 Å². The van der Waals surface area contributed by atoms with E-state index in [0.29, 0.717) is 6.04 Å². The fraction of sp³-hybridized carbons (Fsp3) is 0.375. The number of nitrogens with one attached hydrogen (secondary N) is 2. The zero-order chi connectivity index (χ0) is 7.23. The third-order valence-corrected chi connectivity index (χ3v) is 1.49. The van der Waals surface area contributed by atoms with Crippen LogP contribution in [0.5, 0.6) is 0 Å². The van der Waals surface area contributed by atoms with Gasteiger partial charge in [-0.3, -0.25) is 0 Å². The average Bonchev–Trinajstić information content (AvgIpc) is 2.41. The summed E-state index contributed by atoms with van der Waals surface area (Å²) in [7, 11) is 0. The minimum absolute atomic E-state index is 0.496. The molecule has 0 bridgehead atoms. The summed E-state index contributed by atoms with van der Waals surface area (Å²) in [5.74, 6) is 0. The Kier molecular flexibility index (Phi) is 2.90. The van der Waals surface area contributed by atoms with Crippen LogP contribution in [-0.2, 0) is 0 Å². The van der Waals surface area contributed by atoms with E-state index in [0.717, 1.165) is 13.0 Å². The molecule has 0 saturated heterocycles. The van der Waals surface area contributed by atoms with Gasteiger partial charge in [0, 0.05) is 18.8 Å². The molecule has 1 unspecified atom stereocenters. The third kappa shape index (κ3) is 2.15. The molecule has 0 saturated carbocycles. The van der Waals surface area contributed by atoms with Crippen LogP contribution in [0.25, 0.3) is 0 Å². The largest absolute Gasteiger partial charge is 0.309 e. The standard InChI is InChI=1S/C8H12N2/c9-6-2-1-4-8-5-3-7-10-8/h1-3,5-6,8-10H,4,7H2/b2-1-,9-6?. The molecular weight excluding hydrogens is 124 g/mol. The summed E-state index contributed by atoms with van der Waals surface area (Å²) in [6.07, 6.45) is 10.3. The maximum Gasteiger partial charge on any atom is 0.0288 e. The van der Waals surface area contributed by atoms with Crippen LogP contribution in [0, 0.1) is 5.41 Å². The van der Waals surface area contributed by atoms with Gasteiger partial charge in [0.1, 0.15) is 0 Å². The van der Waals surface area contributed by atoms with Crippen molar-refractivity contribution in [2.45, 2.75) is 12.5 Å². The van der Waals surface area contributed by atoms with Crippen molar-refractivity contribution in [2.24, 2.45) is 0 Å². The second-order valence-electron chi connectivity index (χ2n) is 2.27. The van der Waals surface area contributed by atoms with Gasteiger partial charge in [0.2, 0.25) is 0 Å². The first-order chi connectivity index (χ1) is 4.93. The summed E-state index contributed by atoms with van der Waals surface area (Å²) < 4.78 is 0. The second kappa shape index (κ2) is 4.01. The Morgan fingerprint density at radius 3 is 3.20 bits per heavy atom. The van der Waals surface area contributed by atoms with Gasteiger partial charge in [-0.2, -0.15) is 0 Å². The van der Waals surface area contributed by atoms with E-state index in [2.05, 4.69) is 17.5 Å². The van der Waals surface area contributed by atoms with Gasteiger partial charge in [-0.1, -0.05) is 18.2 Å². The number of rotatable bonds is 3. The van der Waals surface area contributed by atoms with Gasteiger partial charge in [-0.25, -0.2) is 0 Å². The highest BCUT2D eigenvalue weighted by Crippen LogP contribution is 1.99. The van der Waals surface area contributed by atoms with E-state index >= 15 is 0 Å². The molecule has 1 rings (SSSR count). The maximum absolute atomic E-state index is 6.73. The van der Waals surface area contributed by atoms with Gasteiger partial charge in [0.05, 0.1) is 0 Å². The SMILES string of the molecule is N=C/C=C\CC1C=CCN1. The lowest BCUT2D eigenvalue weighted by atomic mass is 10.2. The summed E-state index contributed by atoms with van der Waals surface area (Å²) in [6, 6.07) is 0.496. The molecule has 0 aromatic heterocycles. The maximum atomic E-state index is 6.73. The summed E-state index contributed by atoms with van der Waals surface area (Å²) in [4.78, 5) is 0. The summed E-state index contributed by atoms with van der Waals surface area (Å²) in [6.45, 7) is 0.989. The fourth-order valence-corrected chi connectivity index (χ4v) is 0.975. The Morgan fingerprint density at radius 1 is 1.70 bits per heavy atom. The van der Waals surface area contributed by atoms with Crippen LogP contribution in [0.15, 0.2) is 24.3 Å².